The summed E-state index contributed by atoms with van der Waals surface area (Å²) in [6.45, 7) is 5.19. The van der Waals surface area contributed by atoms with Gasteiger partial charge in [-0.2, -0.15) is 0 Å². The zero-order valence-corrected chi connectivity index (χ0v) is 13.1. The zero-order chi connectivity index (χ0) is 14.5. The Morgan fingerprint density at radius 2 is 2.15 bits per heavy atom. The van der Waals surface area contributed by atoms with E-state index in [0.29, 0.717) is 10.8 Å². The van der Waals surface area contributed by atoms with Crippen molar-refractivity contribution in [3.8, 4) is 11.5 Å². The van der Waals surface area contributed by atoms with E-state index in [1.54, 1.807) is 13.2 Å². The minimum absolute atomic E-state index is 0.216. The van der Waals surface area contributed by atoms with Crippen molar-refractivity contribution in [1.82, 2.24) is 4.90 Å². The first-order valence-electron chi connectivity index (χ1n) is 7.41. The summed E-state index contributed by atoms with van der Waals surface area (Å²) < 4.78 is 5.16. The maximum Gasteiger partial charge on any atom is 0.162 e. The highest BCUT2D eigenvalue weighted by Gasteiger charge is 2.18. The minimum Gasteiger partial charge on any atom is -0.504 e. The summed E-state index contributed by atoms with van der Waals surface area (Å²) in [6, 6.07) is 3.48. The molecule has 1 heterocycles. The second-order valence-electron chi connectivity index (χ2n) is 5.60. The Balaban J connectivity index is 2.08. The van der Waals surface area contributed by atoms with Crippen molar-refractivity contribution in [2.75, 3.05) is 20.2 Å². The average molecular weight is 298 g/mol. The molecular weight excluding hydrogens is 274 g/mol. The van der Waals surface area contributed by atoms with E-state index in [1.165, 1.54) is 25.7 Å². The fourth-order valence-corrected chi connectivity index (χ4v) is 3.17. The van der Waals surface area contributed by atoms with Gasteiger partial charge >= 0.3 is 0 Å². The molecule has 1 unspecified atom stereocenters. The lowest BCUT2D eigenvalue weighted by molar-refractivity contribution is 0.266. The molecule has 0 radical (unpaired) electrons. The highest BCUT2D eigenvalue weighted by atomic mass is 35.5. The molecule has 0 aliphatic carbocycles. The third kappa shape index (κ3) is 3.80. The number of methoxy groups -OCH3 is 1. The predicted molar refractivity (Wildman–Crippen MR) is 82.6 cm³/mol. The Labute approximate surface area is 126 Å². The number of benzene rings is 1. The monoisotopic (exact) mass is 297 g/mol. The van der Waals surface area contributed by atoms with Crippen LogP contribution in [0.15, 0.2) is 12.1 Å². The molecule has 1 aromatic rings. The number of phenols is 1. The Bertz CT molecular complexity index is 450. The molecule has 3 nitrogen and oxygen atoms in total. The molecule has 0 amide bonds. The number of rotatable bonds is 4. The largest absolute Gasteiger partial charge is 0.504 e. The molecule has 0 spiro atoms. The van der Waals surface area contributed by atoms with Crippen LogP contribution in [0.1, 0.15) is 38.2 Å². The van der Waals surface area contributed by atoms with Gasteiger partial charge < -0.3 is 9.84 Å². The van der Waals surface area contributed by atoms with Crippen molar-refractivity contribution in [3.63, 3.8) is 0 Å². The molecule has 0 saturated carbocycles. The molecule has 1 saturated heterocycles. The van der Waals surface area contributed by atoms with Gasteiger partial charge in [0, 0.05) is 23.2 Å². The minimum atomic E-state index is 0.216. The summed E-state index contributed by atoms with van der Waals surface area (Å²) in [5, 5.41) is 10.8. The lowest BCUT2D eigenvalue weighted by Crippen LogP contribution is -2.24. The van der Waals surface area contributed by atoms with Gasteiger partial charge in [0.05, 0.1) is 7.11 Å². The van der Waals surface area contributed by atoms with Crippen LogP contribution in [0.2, 0.25) is 5.02 Å². The number of phenolic OH excluding ortho intramolecular Hbond substituents is 1. The van der Waals surface area contributed by atoms with Crippen LogP contribution in [0, 0.1) is 5.92 Å². The fraction of sp³-hybridized carbons (Fsp3) is 0.625. The van der Waals surface area contributed by atoms with Gasteiger partial charge in [0.25, 0.3) is 0 Å². The third-order valence-electron chi connectivity index (χ3n) is 4.25. The molecule has 4 heteroatoms. The number of likely N-dealkylation sites (tertiary alicyclic amines) is 1. The van der Waals surface area contributed by atoms with E-state index in [0.717, 1.165) is 31.1 Å². The zero-order valence-electron chi connectivity index (χ0n) is 12.4. The van der Waals surface area contributed by atoms with Gasteiger partial charge in [-0.1, -0.05) is 24.9 Å². The lowest BCUT2D eigenvalue weighted by atomic mass is 9.98. The number of ether oxygens (including phenoxy) is 1. The first kappa shape index (κ1) is 15.5. The van der Waals surface area contributed by atoms with Gasteiger partial charge in [-0.25, -0.2) is 0 Å². The van der Waals surface area contributed by atoms with Crippen molar-refractivity contribution < 1.29 is 9.84 Å². The summed E-state index contributed by atoms with van der Waals surface area (Å²) >= 11 is 6.09. The second kappa shape index (κ2) is 7.19. The first-order chi connectivity index (χ1) is 9.63. The van der Waals surface area contributed by atoms with E-state index in [1.807, 2.05) is 6.07 Å². The van der Waals surface area contributed by atoms with E-state index >= 15 is 0 Å². The number of nitrogens with zero attached hydrogens (tertiary/aromatic N) is 1. The summed E-state index contributed by atoms with van der Waals surface area (Å²) in [5.41, 5.74) is 0.851. The van der Waals surface area contributed by atoms with Crippen molar-refractivity contribution in [1.29, 1.82) is 0 Å². The van der Waals surface area contributed by atoms with Crippen molar-refractivity contribution >= 4 is 11.6 Å². The van der Waals surface area contributed by atoms with Crippen LogP contribution in [0.25, 0.3) is 0 Å². The van der Waals surface area contributed by atoms with E-state index < -0.39 is 0 Å². The smallest absolute Gasteiger partial charge is 0.162 e. The van der Waals surface area contributed by atoms with Gasteiger partial charge in [0.1, 0.15) is 0 Å². The molecule has 1 aliphatic rings. The van der Waals surface area contributed by atoms with Crippen molar-refractivity contribution in [3.05, 3.63) is 22.7 Å². The Hall–Kier alpha value is -0.930. The van der Waals surface area contributed by atoms with Crippen LogP contribution in [0.3, 0.4) is 0 Å². The van der Waals surface area contributed by atoms with Gasteiger partial charge in [0.15, 0.2) is 11.5 Å². The first-order valence-corrected chi connectivity index (χ1v) is 7.79. The summed E-state index contributed by atoms with van der Waals surface area (Å²) in [5.74, 6) is 1.52. The van der Waals surface area contributed by atoms with Crippen molar-refractivity contribution in [2.24, 2.45) is 5.92 Å². The summed E-state index contributed by atoms with van der Waals surface area (Å²) in [6.07, 6.45) is 5.06. The lowest BCUT2D eigenvalue weighted by Gasteiger charge is -2.21. The van der Waals surface area contributed by atoms with Crippen LogP contribution in [0.5, 0.6) is 11.5 Å². The number of halogens is 1. The molecule has 20 heavy (non-hydrogen) atoms. The second-order valence-corrected chi connectivity index (χ2v) is 6.03. The maximum atomic E-state index is 10.2. The highest BCUT2D eigenvalue weighted by Crippen LogP contribution is 2.34. The molecule has 0 bridgehead atoms. The Morgan fingerprint density at radius 1 is 1.35 bits per heavy atom. The number of hydrogen-bond donors (Lipinski definition) is 1. The van der Waals surface area contributed by atoms with E-state index in [-0.39, 0.29) is 5.75 Å². The number of aromatic hydroxyl groups is 1. The third-order valence-corrected chi connectivity index (χ3v) is 4.47. The van der Waals surface area contributed by atoms with E-state index in [2.05, 4.69) is 11.8 Å². The van der Waals surface area contributed by atoms with Crippen LogP contribution < -0.4 is 4.74 Å². The van der Waals surface area contributed by atoms with Gasteiger partial charge in [0.2, 0.25) is 0 Å². The van der Waals surface area contributed by atoms with Gasteiger partial charge in [-0.05, 0) is 44.3 Å². The SMILES string of the molecule is CCC1CCCN(Cc2cc(Cl)cc(OC)c2O)CC1. The Morgan fingerprint density at radius 3 is 2.85 bits per heavy atom. The van der Waals surface area contributed by atoms with Crippen LogP contribution in [0.4, 0.5) is 0 Å². The van der Waals surface area contributed by atoms with E-state index in [4.69, 9.17) is 16.3 Å². The molecule has 1 atom stereocenters. The quantitative estimate of drug-likeness (QED) is 0.909. The summed E-state index contributed by atoms with van der Waals surface area (Å²) in [4.78, 5) is 2.40. The Kier molecular flexibility index (Phi) is 5.55. The summed E-state index contributed by atoms with van der Waals surface area (Å²) in [7, 11) is 1.55. The molecule has 1 aliphatic heterocycles. The van der Waals surface area contributed by atoms with Crippen LogP contribution in [-0.2, 0) is 6.54 Å². The van der Waals surface area contributed by atoms with Crippen LogP contribution >= 0.6 is 11.6 Å². The highest BCUT2D eigenvalue weighted by molar-refractivity contribution is 6.30. The molecule has 0 aromatic heterocycles. The maximum absolute atomic E-state index is 10.2. The van der Waals surface area contributed by atoms with Crippen molar-refractivity contribution in [2.45, 2.75) is 39.2 Å². The van der Waals surface area contributed by atoms with Crippen LogP contribution in [-0.4, -0.2) is 30.2 Å². The molecule has 1 fully saturated rings. The predicted octanol–water partition coefficient (Wildman–Crippen LogP) is 4.07. The number of hydrogen-bond acceptors (Lipinski definition) is 3. The van der Waals surface area contributed by atoms with Gasteiger partial charge in [-0.15, -0.1) is 0 Å². The molecule has 1 aromatic carbocycles. The van der Waals surface area contributed by atoms with Gasteiger partial charge in [-0.3, -0.25) is 4.90 Å². The molecule has 2 rings (SSSR count). The average Bonchev–Trinajstić information content (AvgIpc) is 2.67. The standard InChI is InChI=1S/C16H24ClNO2/c1-3-12-5-4-7-18(8-6-12)11-13-9-14(17)10-15(20-2)16(13)19/h9-10,12,19H,3-8,11H2,1-2H3. The molecular formula is C16H24ClNO2. The molecule has 112 valence electrons. The molecule has 1 N–H and O–H groups in total. The normalized spacial score (nSPS) is 20.6. The fourth-order valence-electron chi connectivity index (χ4n) is 2.94. The van der Waals surface area contributed by atoms with E-state index in [9.17, 15) is 5.11 Å². The topological polar surface area (TPSA) is 32.7 Å².